The second kappa shape index (κ2) is 9.25. The molecule has 0 aliphatic carbocycles. The third-order valence-corrected chi connectivity index (χ3v) is 2.38. The third kappa shape index (κ3) is 7.88. The molecule has 0 spiro atoms. The lowest BCUT2D eigenvalue weighted by Crippen LogP contribution is -2.42. The van der Waals surface area contributed by atoms with Gasteiger partial charge in [-0.3, -0.25) is 9.69 Å². The van der Waals surface area contributed by atoms with Gasteiger partial charge in [0.25, 0.3) is 0 Å². The predicted molar refractivity (Wildman–Crippen MR) is 68.0 cm³/mol. The minimum absolute atomic E-state index is 0. The first kappa shape index (κ1) is 17.4. The lowest BCUT2D eigenvalue weighted by atomic mass is 10.2. The average Bonchev–Trinajstić information content (AvgIpc) is 2.10. The summed E-state index contributed by atoms with van der Waals surface area (Å²) in [6.07, 6.45) is 0. The van der Waals surface area contributed by atoms with Crippen molar-refractivity contribution in [2.45, 2.75) is 39.8 Å². The molecule has 0 unspecified atom stereocenters. The number of nitrogens with zero attached hydrogens (tertiary/aromatic N) is 1. The summed E-state index contributed by atoms with van der Waals surface area (Å²) in [6.45, 7) is 10.2. The lowest BCUT2D eigenvalue weighted by Gasteiger charge is -2.30. The molecule has 0 aromatic rings. The maximum Gasteiger partial charge on any atom is 0.234 e. The second-order valence-corrected chi connectivity index (χ2v) is 4.18. The quantitative estimate of drug-likeness (QED) is 0.737. The lowest BCUT2D eigenvalue weighted by molar-refractivity contribution is -0.118. The van der Waals surface area contributed by atoms with Crippen molar-refractivity contribution < 1.29 is 4.79 Å². The van der Waals surface area contributed by atoms with Crippen LogP contribution in [0, 0.1) is 0 Å². The van der Waals surface area contributed by atoms with Gasteiger partial charge in [-0.05, 0) is 27.7 Å². The molecule has 0 aromatic carbocycles. The van der Waals surface area contributed by atoms with Gasteiger partial charge in [0.15, 0.2) is 0 Å². The van der Waals surface area contributed by atoms with E-state index < -0.39 is 0 Å². The van der Waals surface area contributed by atoms with E-state index in [0.29, 0.717) is 18.6 Å². The van der Waals surface area contributed by atoms with Crippen molar-refractivity contribution in [2.24, 2.45) is 0 Å². The smallest absolute Gasteiger partial charge is 0.234 e. The van der Waals surface area contributed by atoms with Crippen LogP contribution in [0.4, 0.5) is 0 Å². The molecule has 0 radical (unpaired) electrons. The molecule has 5 heteroatoms. The number of halogens is 2. The Balaban J connectivity index is 0. The molecular formula is C10H22Cl2N2O. The van der Waals surface area contributed by atoms with E-state index in [0.717, 1.165) is 6.54 Å². The van der Waals surface area contributed by atoms with Crippen molar-refractivity contribution in [2.75, 3.05) is 19.0 Å². The monoisotopic (exact) mass is 256 g/mol. The summed E-state index contributed by atoms with van der Waals surface area (Å²) in [5, 5.41) is 2.76. The van der Waals surface area contributed by atoms with E-state index in [1.165, 1.54) is 0 Å². The van der Waals surface area contributed by atoms with Crippen LogP contribution in [-0.2, 0) is 4.79 Å². The van der Waals surface area contributed by atoms with Gasteiger partial charge in [-0.2, -0.15) is 0 Å². The van der Waals surface area contributed by atoms with Gasteiger partial charge in [0, 0.05) is 25.2 Å². The Morgan fingerprint density at radius 1 is 1.27 bits per heavy atom. The van der Waals surface area contributed by atoms with E-state index in [9.17, 15) is 4.79 Å². The van der Waals surface area contributed by atoms with Gasteiger partial charge in [0.1, 0.15) is 5.88 Å². The Morgan fingerprint density at radius 3 is 2.07 bits per heavy atom. The van der Waals surface area contributed by atoms with Crippen LogP contribution in [0.5, 0.6) is 0 Å². The Hall–Kier alpha value is 0.01000. The zero-order valence-electron chi connectivity index (χ0n) is 9.92. The minimum atomic E-state index is -0.0980. The number of nitrogens with one attached hydrogen (secondary N) is 1. The molecule has 3 nitrogen and oxygen atoms in total. The number of amides is 1. The molecule has 0 aromatic heterocycles. The van der Waals surface area contributed by atoms with Crippen LogP contribution in [0.2, 0.25) is 0 Å². The van der Waals surface area contributed by atoms with E-state index in [4.69, 9.17) is 11.6 Å². The molecule has 0 fully saturated rings. The van der Waals surface area contributed by atoms with E-state index >= 15 is 0 Å². The van der Waals surface area contributed by atoms with Gasteiger partial charge in [-0.25, -0.2) is 0 Å². The van der Waals surface area contributed by atoms with Gasteiger partial charge >= 0.3 is 0 Å². The summed E-state index contributed by atoms with van der Waals surface area (Å²) in [5.41, 5.74) is 0. The normalized spacial score (nSPS) is 10.7. The summed E-state index contributed by atoms with van der Waals surface area (Å²) in [5.74, 6) is -0.0530. The third-order valence-electron chi connectivity index (χ3n) is 2.14. The van der Waals surface area contributed by atoms with Crippen molar-refractivity contribution in [1.29, 1.82) is 0 Å². The molecule has 0 atom stereocenters. The molecule has 0 saturated heterocycles. The molecule has 0 aliphatic heterocycles. The Bertz CT molecular complexity index is 167. The fraction of sp³-hybridized carbons (Fsp3) is 0.900. The number of hydrogen-bond acceptors (Lipinski definition) is 2. The predicted octanol–water partition coefficient (Wildman–Crippen LogP) is 1.88. The Morgan fingerprint density at radius 2 is 1.73 bits per heavy atom. The van der Waals surface area contributed by atoms with E-state index in [1.54, 1.807) is 0 Å². The van der Waals surface area contributed by atoms with E-state index in [1.807, 2.05) is 0 Å². The van der Waals surface area contributed by atoms with Gasteiger partial charge < -0.3 is 5.32 Å². The van der Waals surface area contributed by atoms with Gasteiger partial charge in [-0.15, -0.1) is 24.0 Å². The van der Waals surface area contributed by atoms with Gasteiger partial charge in [-0.1, -0.05) is 0 Å². The average molecular weight is 257 g/mol. The highest BCUT2D eigenvalue weighted by Crippen LogP contribution is 2.03. The fourth-order valence-corrected chi connectivity index (χ4v) is 1.58. The Labute approximate surface area is 104 Å². The van der Waals surface area contributed by atoms with Crippen LogP contribution in [0.3, 0.4) is 0 Å². The fourth-order valence-electron chi connectivity index (χ4n) is 1.48. The van der Waals surface area contributed by atoms with Crippen LogP contribution in [0.25, 0.3) is 0 Å². The molecule has 1 N–H and O–H groups in total. The Kier molecular flexibility index (Phi) is 10.7. The summed E-state index contributed by atoms with van der Waals surface area (Å²) in [6, 6.07) is 1.01. The zero-order chi connectivity index (χ0) is 11.1. The SMILES string of the molecule is CC(C)N(CCNC(=O)CCl)C(C)C.Cl. The van der Waals surface area contributed by atoms with Crippen molar-refractivity contribution in [1.82, 2.24) is 10.2 Å². The van der Waals surface area contributed by atoms with Gasteiger partial charge in [0.2, 0.25) is 5.91 Å². The van der Waals surface area contributed by atoms with Gasteiger partial charge in [0.05, 0.1) is 0 Å². The topological polar surface area (TPSA) is 32.3 Å². The highest BCUT2D eigenvalue weighted by atomic mass is 35.5. The standard InChI is InChI=1S/C10H21ClN2O.ClH/c1-8(2)13(9(3)4)6-5-12-10(14)7-11;/h8-9H,5-7H2,1-4H3,(H,12,14);1H. The molecule has 0 rings (SSSR count). The first-order chi connectivity index (χ1) is 6.49. The molecule has 1 amide bonds. The van der Waals surface area contributed by atoms with Crippen LogP contribution in [0.1, 0.15) is 27.7 Å². The number of carbonyl (C=O) groups excluding carboxylic acids is 1. The number of rotatable bonds is 6. The summed E-state index contributed by atoms with van der Waals surface area (Å²) in [7, 11) is 0. The summed E-state index contributed by atoms with van der Waals surface area (Å²) in [4.78, 5) is 13.2. The number of alkyl halides is 1. The van der Waals surface area contributed by atoms with Crippen molar-refractivity contribution >= 4 is 29.9 Å². The highest BCUT2D eigenvalue weighted by Gasteiger charge is 2.12. The maximum atomic E-state index is 10.9. The van der Waals surface area contributed by atoms with Crippen LogP contribution in [0.15, 0.2) is 0 Å². The highest BCUT2D eigenvalue weighted by molar-refractivity contribution is 6.27. The molecule has 0 bridgehead atoms. The molecule has 0 heterocycles. The van der Waals surface area contributed by atoms with Crippen molar-refractivity contribution in [3.8, 4) is 0 Å². The molecule has 0 aliphatic rings. The first-order valence-electron chi connectivity index (χ1n) is 5.07. The summed E-state index contributed by atoms with van der Waals surface area (Å²) >= 11 is 5.37. The maximum absolute atomic E-state index is 10.9. The van der Waals surface area contributed by atoms with Crippen LogP contribution < -0.4 is 5.32 Å². The first-order valence-corrected chi connectivity index (χ1v) is 5.61. The molecule has 15 heavy (non-hydrogen) atoms. The van der Waals surface area contributed by atoms with Crippen molar-refractivity contribution in [3.63, 3.8) is 0 Å². The number of carbonyl (C=O) groups is 1. The zero-order valence-corrected chi connectivity index (χ0v) is 11.5. The molecule has 0 saturated carbocycles. The van der Waals surface area contributed by atoms with Crippen LogP contribution >= 0.6 is 24.0 Å². The van der Waals surface area contributed by atoms with E-state index in [2.05, 4.69) is 37.9 Å². The van der Waals surface area contributed by atoms with E-state index in [-0.39, 0.29) is 24.2 Å². The van der Waals surface area contributed by atoms with Crippen molar-refractivity contribution in [3.05, 3.63) is 0 Å². The largest absolute Gasteiger partial charge is 0.354 e. The van der Waals surface area contributed by atoms with Crippen LogP contribution in [-0.4, -0.2) is 41.9 Å². The molecular weight excluding hydrogens is 235 g/mol. The summed E-state index contributed by atoms with van der Waals surface area (Å²) < 4.78 is 0. The number of hydrogen-bond donors (Lipinski definition) is 1. The molecule has 92 valence electrons. The minimum Gasteiger partial charge on any atom is -0.354 e. The second-order valence-electron chi connectivity index (χ2n) is 3.91.